The summed E-state index contributed by atoms with van der Waals surface area (Å²) in [5.74, 6) is -0.594. The van der Waals surface area contributed by atoms with Crippen molar-refractivity contribution >= 4 is 54.8 Å². The van der Waals surface area contributed by atoms with Crippen molar-refractivity contribution in [3.05, 3.63) is 103 Å². The van der Waals surface area contributed by atoms with Crippen LogP contribution in [-0.4, -0.2) is 40.5 Å². The van der Waals surface area contributed by atoms with E-state index in [4.69, 9.17) is 0 Å². The first-order valence-corrected chi connectivity index (χ1v) is 15.8. The van der Waals surface area contributed by atoms with Gasteiger partial charge in [-0.1, -0.05) is 17.7 Å². The molecule has 202 valence electrons. The molecule has 0 atom stereocenters. The zero-order chi connectivity index (χ0) is 28.0. The average Bonchev–Trinajstić information content (AvgIpc) is 2.93. The van der Waals surface area contributed by atoms with E-state index in [0.29, 0.717) is 17.1 Å². The molecular weight excluding hydrogens is 557 g/mol. The van der Waals surface area contributed by atoms with Gasteiger partial charge in [0.15, 0.2) is 0 Å². The van der Waals surface area contributed by atoms with Crippen molar-refractivity contribution in [3.63, 3.8) is 0 Å². The standard InChI is InChI=1S/C27H26N4O5S3/c1-20-5-9-23(10-6-20)31(39(35,36)26-15-11-24(37-2)12-16-26)19-27(32)29-21-7-13-25(14-8-21)38(33,34)30-22-4-3-17-28-18-22/h3-18,30H,19H2,1-2H3,(H,29,32). The van der Waals surface area contributed by atoms with Gasteiger partial charge in [0.25, 0.3) is 20.0 Å². The molecule has 0 aliphatic heterocycles. The number of hydrogen-bond acceptors (Lipinski definition) is 7. The number of aryl methyl sites for hydroxylation is 1. The Morgan fingerprint density at radius 2 is 1.49 bits per heavy atom. The Bertz CT molecular complexity index is 1640. The molecule has 4 aromatic rings. The lowest BCUT2D eigenvalue weighted by Crippen LogP contribution is -2.38. The molecule has 0 spiro atoms. The van der Waals surface area contributed by atoms with Crippen molar-refractivity contribution in [2.75, 3.05) is 27.1 Å². The number of carbonyl (C=O) groups excluding carboxylic acids is 1. The third-order valence-corrected chi connectivity index (χ3v) is 9.55. The number of nitrogens with one attached hydrogen (secondary N) is 2. The molecule has 0 radical (unpaired) electrons. The molecule has 0 aliphatic carbocycles. The molecule has 1 amide bonds. The van der Waals surface area contributed by atoms with Crippen LogP contribution in [0, 0.1) is 6.92 Å². The molecule has 2 N–H and O–H groups in total. The molecule has 4 rings (SSSR count). The van der Waals surface area contributed by atoms with Crippen LogP contribution < -0.4 is 14.3 Å². The lowest BCUT2D eigenvalue weighted by atomic mass is 10.2. The summed E-state index contributed by atoms with van der Waals surface area (Å²) >= 11 is 1.49. The Morgan fingerprint density at radius 3 is 2.08 bits per heavy atom. The van der Waals surface area contributed by atoms with Crippen LogP contribution in [0.25, 0.3) is 0 Å². The number of nitrogens with zero attached hydrogens (tertiary/aromatic N) is 2. The highest BCUT2D eigenvalue weighted by atomic mass is 32.2. The van der Waals surface area contributed by atoms with Crippen LogP contribution in [0.1, 0.15) is 5.56 Å². The number of thioether (sulfide) groups is 1. The van der Waals surface area contributed by atoms with E-state index in [1.165, 1.54) is 60.6 Å². The summed E-state index contributed by atoms with van der Waals surface area (Å²) in [5.41, 5.74) is 1.91. The van der Waals surface area contributed by atoms with Gasteiger partial charge in [-0.05, 0) is 86.0 Å². The highest BCUT2D eigenvalue weighted by molar-refractivity contribution is 7.98. The van der Waals surface area contributed by atoms with Crippen molar-refractivity contribution in [2.24, 2.45) is 0 Å². The van der Waals surface area contributed by atoms with E-state index in [2.05, 4.69) is 15.0 Å². The van der Waals surface area contributed by atoms with Crippen LogP contribution in [0.15, 0.2) is 112 Å². The smallest absolute Gasteiger partial charge is 0.264 e. The van der Waals surface area contributed by atoms with Crippen molar-refractivity contribution in [1.82, 2.24) is 4.98 Å². The molecule has 0 fully saturated rings. The van der Waals surface area contributed by atoms with Crippen molar-refractivity contribution in [3.8, 4) is 0 Å². The lowest BCUT2D eigenvalue weighted by Gasteiger charge is -2.24. The largest absolute Gasteiger partial charge is 0.325 e. The number of sulfonamides is 2. The first kappa shape index (κ1) is 28.1. The quantitative estimate of drug-likeness (QED) is 0.259. The summed E-state index contributed by atoms with van der Waals surface area (Å²) in [6, 6.07) is 22.0. The molecule has 0 unspecified atom stereocenters. The topological polar surface area (TPSA) is 126 Å². The number of pyridine rings is 1. The Hall–Kier alpha value is -3.87. The summed E-state index contributed by atoms with van der Waals surface area (Å²) < 4.78 is 55.9. The van der Waals surface area contributed by atoms with Crippen molar-refractivity contribution < 1.29 is 21.6 Å². The number of anilines is 3. The van der Waals surface area contributed by atoms with E-state index in [1.54, 1.807) is 48.5 Å². The molecule has 0 saturated heterocycles. The van der Waals surface area contributed by atoms with E-state index >= 15 is 0 Å². The molecule has 1 heterocycles. The summed E-state index contributed by atoms with van der Waals surface area (Å²) in [6.07, 6.45) is 4.81. The van der Waals surface area contributed by atoms with Gasteiger partial charge >= 0.3 is 0 Å². The number of hydrogen-bond donors (Lipinski definition) is 2. The van der Waals surface area contributed by atoms with E-state index in [9.17, 15) is 21.6 Å². The van der Waals surface area contributed by atoms with Crippen molar-refractivity contribution in [2.45, 2.75) is 21.6 Å². The zero-order valence-electron chi connectivity index (χ0n) is 21.1. The first-order valence-electron chi connectivity index (χ1n) is 11.6. The predicted octanol–water partition coefficient (Wildman–Crippen LogP) is 4.75. The number of aromatic nitrogens is 1. The van der Waals surface area contributed by atoms with Gasteiger partial charge in [-0.2, -0.15) is 0 Å². The second-order valence-corrected chi connectivity index (χ2v) is 12.9. The minimum absolute atomic E-state index is 0.0121. The fourth-order valence-electron chi connectivity index (χ4n) is 3.59. The first-order chi connectivity index (χ1) is 18.6. The molecule has 9 nitrogen and oxygen atoms in total. The fourth-order valence-corrected chi connectivity index (χ4v) is 6.46. The predicted molar refractivity (Wildman–Crippen MR) is 154 cm³/mol. The maximum Gasteiger partial charge on any atom is 0.264 e. The monoisotopic (exact) mass is 582 g/mol. The van der Waals surface area contributed by atoms with E-state index in [1.807, 2.05) is 13.2 Å². The Labute approximate surface area is 232 Å². The third-order valence-electron chi connectivity index (χ3n) is 5.62. The minimum atomic E-state index is -4.06. The highest BCUT2D eigenvalue weighted by Gasteiger charge is 2.27. The van der Waals surface area contributed by atoms with Gasteiger partial charge in [0.1, 0.15) is 6.54 Å². The van der Waals surface area contributed by atoms with Crippen LogP contribution in [0.5, 0.6) is 0 Å². The van der Waals surface area contributed by atoms with Crippen LogP contribution in [0.3, 0.4) is 0 Å². The van der Waals surface area contributed by atoms with E-state index in [0.717, 1.165) is 14.8 Å². The molecule has 0 aliphatic rings. The van der Waals surface area contributed by atoms with Gasteiger partial charge < -0.3 is 5.32 Å². The number of carbonyl (C=O) groups is 1. The van der Waals surface area contributed by atoms with Crippen LogP contribution in [-0.2, 0) is 24.8 Å². The van der Waals surface area contributed by atoms with Gasteiger partial charge in [-0.15, -0.1) is 11.8 Å². The zero-order valence-corrected chi connectivity index (χ0v) is 23.6. The number of benzene rings is 3. The molecule has 1 aromatic heterocycles. The normalized spacial score (nSPS) is 11.5. The van der Waals surface area contributed by atoms with Gasteiger partial charge in [0, 0.05) is 16.8 Å². The number of rotatable bonds is 10. The summed E-state index contributed by atoms with van der Waals surface area (Å²) in [5, 5.41) is 2.65. The molecule has 39 heavy (non-hydrogen) atoms. The van der Waals surface area contributed by atoms with Crippen molar-refractivity contribution in [1.29, 1.82) is 0 Å². The van der Waals surface area contributed by atoms with E-state index in [-0.39, 0.29) is 9.79 Å². The summed E-state index contributed by atoms with van der Waals surface area (Å²) in [7, 11) is -7.93. The van der Waals surface area contributed by atoms with Gasteiger partial charge in [0.05, 0.1) is 27.4 Å². The Balaban J connectivity index is 1.53. The second-order valence-electron chi connectivity index (χ2n) is 8.44. The number of amides is 1. The minimum Gasteiger partial charge on any atom is -0.325 e. The third kappa shape index (κ3) is 6.96. The lowest BCUT2D eigenvalue weighted by molar-refractivity contribution is -0.114. The fraction of sp³-hybridized carbons (Fsp3) is 0.111. The van der Waals surface area contributed by atoms with Crippen LogP contribution in [0.4, 0.5) is 17.1 Å². The molecule has 12 heteroatoms. The van der Waals surface area contributed by atoms with E-state index < -0.39 is 32.5 Å². The van der Waals surface area contributed by atoms with Gasteiger partial charge in [0.2, 0.25) is 5.91 Å². The van der Waals surface area contributed by atoms with Gasteiger partial charge in [-0.25, -0.2) is 16.8 Å². The molecular formula is C27H26N4O5S3. The maximum atomic E-state index is 13.6. The summed E-state index contributed by atoms with van der Waals surface area (Å²) in [6.45, 7) is 1.39. The molecule has 0 bridgehead atoms. The Morgan fingerprint density at radius 1 is 0.846 bits per heavy atom. The second kappa shape index (κ2) is 11.9. The van der Waals surface area contributed by atoms with Crippen LogP contribution >= 0.6 is 11.8 Å². The van der Waals surface area contributed by atoms with Gasteiger partial charge in [-0.3, -0.25) is 18.8 Å². The summed E-state index contributed by atoms with van der Waals surface area (Å²) in [4.78, 5) is 17.8. The van der Waals surface area contributed by atoms with Crippen LogP contribution in [0.2, 0.25) is 0 Å². The molecule has 0 saturated carbocycles. The average molecular weight is 583 g/mol. The Kier molecular flexibility index (Phi) is 8.58. The molecule has 3 aromatic carbocycles. The maximum absolute atomic E-state index is 13.6. The highest BCUT2D eigenvalue weighted by Crippen LogP contribution is 2.26. The SMILES string of the molecule is CSc1ccc(S(=O)(=O)N(CC(=O)Nc2ccc(S(=O)(=O)Nc3cccnc3)cc2)c2ccc(C)cc2)cc1.